The first-order valence-electron chi connectivity index (χ1n) is 4.00. The Morgan fingerprint density at radius 1 is 1.54 bits per heavy atom. The van der Waals surface area contributed by atoms with E-state index in [0.29, 0.717) is 6.42 Å². The molecule has 0 amide bonds. The zero-order chi connectivity index (χ0) is 9.84. The maximum Gasteiger partial charge on any atom is 0.163 e. The van der Waals surface area contributed by atoms with E-state index in [2.05, 4.69) is 38.5 Å². The van der Waals surface area contributed by atoms with E-state index in [0.717, 1.165) is 16.5 Å². The van der Waals surface area contributed by atoms with Gasteiger partial charge in [-0.2, -0.15) is 0 Å². The van der Waals surface area contributed by atoms with Crippen molar-refractivity contribution < 1.29 is 4.79 Å². The number of Topliss-reactive ketones (excluding diaryl/α,β-unsaturated/α-hetero) is 1. The van der Waals surface area contributed by atoms with Gasteiger partial charge >= 0.3 is 0 Å². The molecule has 1 aromatic carbocycles. The van der Waals surface area contributed by atoms with Crippen LogP contribution in [0.1, 0.15) is 22.3 Å². The molecule has 1 rings (SSSR count). The van der Waals surface area contributed by atoms with Gasteiger partial charge in [0, 0.05) is 20.9 Å². The molecule has 0 saturated carbocycles. The van der Waals surface area contributed by atoms with Crippen LogP contribution in [0.4, 0.5) is 0 Å². The smallest absolute Gasteiger partial charge is 0.163 e. The van der Waals surface area contributed by atoms with E-state index in [1.807, 2.05) is 25.1 Å². The van der Waals surface area contributed by atoms with Crippen LogP contribution in [-0.2, 0) is 0 Å². The van der Waals surface area contributed by atoms with Crippen molar-refractivity contribution in [2.75, 3.05) is 5.33 Å². The van der Waals surface area contributed by atoms with Gasteiger partial charge in [-0.05, 0) is 47.2 Å². The highest BCUT2D eigenvalue weighted by atomic mass is 127. The molecule has 0 heterocycles. The molecular weight excluding hydrogens is 343 g/mol. The van der Waals surface area contributed by atoms with Crippen molar-refractivity contribution >= 4 is 44.3 Å². The topological polar surface area (TPSA) is 17.1 Å². The Labute approximate surface area is 100 Å². The third-order valence-corrected chi connectivity index (χ3v) is 2.88. The van der Waals surface area contributed by atoms with Crippen molar-refractivity contribution in [3.8, 4) is 0 Å². The molecule has 0 unspecified atom stereocenters. The normalized spacial score (nSPS) is 10.1. The molecule has 70 valence electrons. The summed E-state index contributed by atoms with van der Waals surface area (Å²) in [5.74, 6) is 0.214. The molecule has 1 aromatic rings. The molecule has 1 nitrogen and oxygen atoms in total. The summed E-state index contributed by atoms with van der Waals surface area (Å²) in [5.41, 5.74) is 1.91. The van der Waals surface area contributed by atoms with E-state index in [4.69, 9.17) is 0 Å². The molecule has 0 aliphatic carbocycles. The zero-order valence-electron chi connectivity index (χ0n) is 7.31. The van der Waals surface area contributed by atoms with Gasteiger partial charge in [0.15, 0.2) is 5.78 Å². The number of ketones is 1. The molecule has 0 bridgehead atoms. The van der Waals surface area contributed by atoms with Crippen LogP contribution in [-0.4, -0.2) is 11.1 Å². The van der Waals surface area contributed by atoms with Crippen molar-refractivity contribution in [3.05, 3.63) is 32.9 Å². The average Bonchev–Trinajstić information content (AvgIpc) is 2.04. The first kappa shape index (κ1) is 11.2. The van der Waals surface area contributed by atoms with Gasteiger partial charge in [-0.1, -0.05) is 22.0 Å². The fourth-order valence-electron chi connectivity index (χ4n) is 1.16. The minimum atomic E-state index is 0.214. The SMILES string of the molecule is Cc1cc(I)ccc1C(=O)CCBr. The first-order chi connectivity index (χ1) is 6.15. The summed E-state index contributed by atoms with van der Waals surface area (Å²) in [6.45, 7) is 1.98. The maximum absolute atomic E-state index is 11.5. The summed E-state index contributed by atoms with van der Waals surface area (Å²) in [6, 6.07) is 5.90. The largest absolute Gasteiger partial charge is 0.294 e. The van der Waals surface area contributed by atoms with Crippen LogP contribution in [0, 0.1) is 10.5 Å². The second-order valence-corrected chi connectivity index (χ2v) is 4.86. The van der Waals surface area contributed by atoms with Crippen LogP contribution < -0.4 is 0 Å². The third-order valence-electron chi connectivity index (χ3n) is 1.81. The first-order valence-corrected chi connectivity index (χ1v) is 6.20. The Bertz CT molecular complexity index is 323. The van der Waals surface area contributed by atoms with Gasteiger partial charge in [0.1, 0.15) is 0 Å². The van der Waals surface area contributed by atoms with E-state index in [-0.39, 0.29) is 5.78 Å². The summed E-state index contributed by atoms with van der Waals surface area (Å²) in [4.78, 5) is 11.5. The Balaban J connectivity index is 2.95. The quantitative estimate of drug-likeness (QED) is 0.461. The van der Waals surface area contributed by atoms with E-state index >= 15 is 0 Å². The number of benzene rings is 1. The second-order valence-electron chi connectivity index (χ2n) is 2.82. The lowest BCUT2D eigenvalue weighted by Gasteiger charge is -2.03. The Morgan fingerprint density at radius 3 is 2.77 bits per heavy atom. The average molecular weight is 353 g/mol. The van der Waals surface area contributed by atoms with E-state index < -0.39 is 0 Å². The Morgan fingerprint density at radius 2 is 2.23 bits per heavy atom. The fraction of sp³-hybridized carbons (Fsp3) is 0.300. The Hall–Kier alpha value is 0.1000. The lowest BCUT2D eigenvalue weighted by Crippen LogP contribution is -2.02. The predicted octanol–water partition coefficient (Wildman–Crippen LogP) is 3.57. The zero-order valence-corrected chi connectivity index (χ0v) is 11.1. The summed E-state index contributed by atoms with van der Waals surface area (Å²) >= 11 is 5.51. The number of carbonyl (C=O) groups is 1. The molecule has 0 atom stereocenters. The molecule has 0 fully saturated rings. The predicted molar refractivity (Wildman–Crippen MR) is 66.6 cm³/mol. The van der Waals surface area contributed by atoms with Crippen molar-refractivity contribution in [2.45, 2.75) is 13.3 Å². The molecule has 13 heavy (non-hydrogen) atoms. The van der Waals surface area contributed by atoms with Crippen LogP contribution in [0.25, 0.3) is 0 Å². The molecule has 3 heteroatoms. The number of rotatable bonds is 3. The van der Waals surface area contributed by atoms with Crippen LogP contribution in [0.3, 0.4) is 0 Å². The summed E-state index contributed by atoms with van der Waals surface area (Å²) in [7, 11) is 0. The summed E-state index contributed by atoms with van der Waals surface area (Å²) < 4.78 is 1.17. The number of carbonyl (C=O) groups excluding carboxylic acids is 1. The highest BCUT2D eigenvalue weighted by Gasteiger charge is 2.07. The van der Waals surface area contributed by atoms with Gasteiger partial charge < -0.3 is 0 Å². The Kier molecular flexibility index (Phi) is 4.38. The number of alkyl halides is 1. The minimum absolute atomic E-state index is 0.214. The van der Waals surface area contributed by atoms with Crippen molar-refractivity contribution in [1.82, 2.24) is 0 Å². The van der Waals surface area contributed by atoms with E-state index in [1.54, 1.807) is 0 Å². The maximum atomic E-state index is 11.5. The monoisotopic (exact) mass is 352 g/mol. The highest BCUT2D eigenvalue weighted by Crippen LogP contribution is 2.14. The van der Waals surface area contributed by atoms with E-state index in [9.17, 15) is 4.79 Å². The van der Waals surface area contributed by atoms with Crippen molar-refractivity contribution in [1.29, 1.82) is 0 Å². The molecule has 0 radical (unpaired) electrons. The molecule has 0 aromatic heterocycles. The lowest BCUT2D eigenvalue weighted by molar-refractivity contribution is 0.0989. The molecule has 0 saturated heterocycles. The van der Waals surface area contributed by atoms with Gasteiger partial charge in [-0.25, -0.2) is 0 Å². The fourth-order valence-corrected chi connectivity index (χ4v) is 2.17. The van der Waals surface area contributed by atoms with Crippen molar-refractivity contribution in [2.24, 2.45) is 0 Å². The third kappa shape index (κ3) is 3.06. The molecular formula is C10H10BrIO. The number of halogens is 2. The minimum Gasteiger partial charge on any atom is -0.294 e. The van der Waals surface area contributed by atoms with Crippen molar-refractivity contribution in [3.63, 3.8) is 0 Å². The molecule has 0 spiro atoms. The summed E-state index contributed by atoms with van der Waals surface area (Å²) in [6.07, 6.45) is 0.571. The van der Waals surface area contributed by atoms with Gasteiger partial charge in [-0.3, -0.25) is 4.79 Å². The molecule has 0 aliphatic heterocycles. The summed E-state index contributed by atoms with van der Waals surface area (Å²) in [5, 5.41) is 0.733. The van der Waals surface area contributed by atoms with Gasteiger partial charge in [-0.15, -0.1) is 0 Å². The lowest BCUT2D eigenvalue weighted by atomic mass is 10.0. The highest BCUT2D eigenvalue weighted by molar-refractivity contribution is 14.1. The van der Waals surface area contributed by atoms with Crippen LogP contribution in [0.2, 0.25) is 0 Å². The number of hydrogen-bond donors (Lipinski definition) is 0. The van der Waals surface area contributed by atoms with Crippen LogP contribution in [0.5, 0.6) is 0 Å². The second kappa shape index (κ2) is 5.10. The van der Waals surface area contributed by atoms with Gasteiger partial charge in [0.05, 0.1) is 0 Å². The van der Waals surface area contributed by atoms with Gasteiger partial charge in [0.2, 0.25) is 0 Å². The van der Waals surface area contributed by atoms with Gasteiger partial charge in [0.25, 0.3) is 0 Å². The molecule has 0 aliphatic rings. The van der Waals surface area contributed by atoms with Crippen LogP contribution >= 0.6 is 38.5 Å². The number of aryl methyl sites for hydroxylation is 1. The standard InChI is InChI=1S/C10H10BrIO/c1-7-6-8(12)2-3-9(7)10(13)4-5-11/h2-3,6H,4-5H2,1H3. The van der Waals surface area contributed by atoms with Crippen LogP contribution in [0.15, 0.2) is 18.2 Å². The molecule has 0 N–H and O–H groups in total. The van der Waals surface area contributed by atoms with E-state index in [1.165, 1.54) is 3.57 Å². The number of hydrogen-bond acceptors (Lipinski definition) is 1.